The highest BCUT2D eigenvalue weighted by atomic mass is 16.5. The van der Waals surface area contributed by atoms with Crippen LogP contribution < -0.4 is 10.1 Å². The maximum atomic E-state index is 10.8. The van der Waals surface area contributed by atoms with Gasteiger partial charge < -0.3 is 19.6 Å². The molecule has 7 heteroatoms. The summed E-state index contributed by atoms with van der Waals surface area (Å²) < 4.78 is 11.7. The quantitative estimate of drug-likeness (QED) is 0.699. The van der Waals surface area contributed by atoms with Gasteiger partial charge in [0.2, 0.25) is 0 Å². The van der Waals surface area contributed by atoms with E-state index >= 15 is 0 Å². The molecule has 3 heterocycles. The molecule has 0 aliphatic carbocycles. The van der Waals surface area contributed by atoms with Crippen LogP contribution in [0.1, 0.15) is 16.9 Å². The number of hydrogen-bond donors (Lipinski definition) is 2. The van der Waals surface area contributed by atoms with Gasteiger partial charge in [0.15, 0.2) is 11.5 Å². The summed E-state index contributed by atoms with van der Waals surface area (Å²) in [6.07, 6.45) is 1.74. The first-order valence-corrected chi connectivity index (χ1v) is 9.72. The van der Waals surface area contributed by atoms with E-state index in [9.17, 15) is 5.11 Å². The fraction of sp³-hybridized carbons (Fsp3) is 0.273. The molecule has 0 unspecified atom stereocenters. The number of aromatic hydroxyl groups is 1. The topological polar surface area (TPSA) is 82.6 Å². The van der Waals surface area contributed by atoms with Crippen molar-refractivity contribution < 1.29 is 14.3 Å². The lowest BCUT2D eigenvalue weighted by atomic mass is 10.1. The predicted octanol–water partition coefficient (Wildman–Crippen LogP) is 4.15. The second-order valence-electron chi connectivity index (χ2n) is 7.21. The number of fused-ring (bicyclic) bond motifs is 2. The molecule has 2 aliphatic rings. The molecular formula is C22H22N4O3. The molecule has 3 aromatic rings. The predicted molar refractivity (Wildman–Crippen MR) is 111 cm³/mol. The molecule has 5 rings (SSSR count). The molecule has 0 bridgehead atoms. The Morgan fingerprint density at radius 3 is 2.83 bits per heavy atom. The number of piperazine rings is 1. The van der Waals surface area contributed by atoms with Crippen LogP contribution >= 0.6 is 0 Å². The molecular weight excluding hydrogens is 368 g/mol. The maximum Gasteiger partial charge on any atom is 0.172 e. The molecule has 1 aromatic heterocycles. The Morgan fingerprint density at radius 1 is 1.17 bits per heavy atom. The Bertz CT molecular complexity index is 1130. The number of ether oxygens (including phenoxy) is 1. The zero-order chi connectivity index (χ0) is 19.8. The Kier molecular flexibility index (Phi) is 4.54. The molecule has 0 radical (unpaired) electrons. The molecule has 148 valence electrons. The van der Waals surface area contributed by atoms with Gasteiger partial charge in [-0.05, 0) is 18.2 Å². The normalized spacial score (nSPS) is 17.9. The number of azo groups is 1. The summed E-state index contributed by atoms with van der Waals surface area (Å²) in [5.41, 5.74) is 4.00. The van der Waals surface area contributed by atoms with Crippen LogP contribution in [0.4, 0.5) is 5.69 Å². The molecule has 1 saturated heterocycles. The Labute approximate surface area is 168 Å². The minimum Gasteiger partial charge on any atom is -0.504 e. The third-order valence-corrected chi connectivity index (χ3v) is 5.44. The van der Waals surface area contributed by atoms with E-state index in [-0.39, 0.29) is 5.75 Å². The van der Waals surface area contributed by atoms with E-state index in [0.717, 1.165) is 48.7 Å². The van der Waals surface area contributed by atoms with Crippen molar-refractivity contribution in [1.29, 1.82) is 0 Å². The second kappa shape index (κ2) is 7.35. The lowest BCUT2D eigenvalue weighted by molar-refractivity contribution is 0.230. The minimum atomic E-state index is 0.108. The van der Waals surface area contributed by atoms with Gasteiger partial charge in [0.1, 0.15) is 11.3 Å². The highest BCUT2D eigenvalue weighted by molar-refractivity contribution is 5.95. The second-order valence-corrected chi connectivity index (χ2v) is 7.21. The van der Waals surface area contributed by atoms with Crippen LogP contribution in [-0.4, -0.2) is 43.3 Å². The van der Waals surface area contributed by atoms with Gasteiger partial charge in [0.25, 0.3) is 0 Å². The molecule has 7 nitrogen and oxygen atoms in total. The first-order valence-electron chi connectivity index (χ1n) is 9.72. The average molecular weight is 390 g/mol. The SMILES string of the molecule is COc1ccc2c(O)c(/C=C3/N=Nc4ccccc43)oc2c1CN1CCNCC1. The average Bonchev–Trinajstić information content (AvgIpc) is 3.31. The van der Waals surface area contributed by atoms with E-state index in [2.05, 4.69) is 20.4 Å². The molecule has 0 atom stereocenters. The van der Waals surface area contributed by atoms with Gasteiger partial charge >= 0.3 is 0 Å². The smallest absolute Gasteiger partial charge is 0.172 e. The molecule has 0 amide bonds. The highest BCUT2D eigenvalue weighted by Gasteiger charge is 2.22. The summed E-state index contributed by atoms with van der Waals surface area (Å²) in [7, 11) is 1.66. The molecule has 2 N–H and O–H groups in total. The summed E-state index contributed by atoms with van der Waals surface area (Å²) in [4.78, 5) is 2.35. The van der Waals surface area contributed by atoms with Crippen molar-refractivity contribution in [2.24, 2.45) is 10.2 Å². The summed E-state index contributed by atoms with van der Waals surface area (Å²) in [6, 6.07) is 11.5. The lowest BCUT2D eigenvalue weighted by Gasteiger charge is -2.27. The van der Waals surface area contributed by atoms with Crippen molar-refractivity contribution in [2.75, 3.05) is 33.3 Å². The maximum absolute atomic E-state index is 10.8. The van der Waals surface area contributed by atoms with Gasteiger partial charge in [-0.1, -0.05) is 18.2 Å². The van der Waals surface area contributed by atoms with Crippen molar-refractivity contribution in [3.63, 3.8) is 0 Å². The van der Waals surface area contributed by atoms with Gasteiger partial charge in [-0.3, -0.25) is 4.90 Å². The number of benzene rings is 2. The lowest BCUT2D eigenvalue weighted by Crippen LogP contribution is -2.42. The van der Waals surface area contributed by atoms with Crippen LogP contribution in [0.3, 0.4) is 0 Å². The third-order valence-electron chi connectivity index (χ3n) is 5.44. The monoisotopic (exact) mass is 390 g/mol. The molecule has 1 fully saturated rings. The van der Waals surface area contributed by atoms with E-state index in [4.69, 9.17) is 9.15 Å². The van der Waals surface area contributed by atoms with E-state index in [0.29, 0.717) is 29.0 Å². The number of nitrogens with one attached hydrogen (secondary N) is 1. The van der Waals surface area contributed by atoms with Crippen molar-refractivity contribution in [3.8, 4) is 11.5 Å². The number of nitrogens with zero attached hydrogens (tertiary/aromatic N) is 3. The van der Waals surface area contributed by atoms with Crippen molar-refractivity contribution in [1.82, 2.24) is 10.2 Å². The molecule has 0 spiro atoms. The minimum absolute atomic E-state index is 0.108. The van der Waals surface area contributed by atoms with Crippen molar-refractivity contribution >= 4 is 28.4 Å². The van der Waals surface area contributed by atoms with Crippen LogP contribution in [0, 0.1) is 0 Å². The zero-order valence-corrected chi connectivity index (χ0v) is 16.2. The van der Waals surface area contributed by atoms with Gasteiger partial charge in [0, 0.05) is 44.4 Å². The largest absolute Gasteiger partial charge is 0.504 e. The summed E-state index contributed by atoms with van der Waals surface area (Å²) in [6.45, 7) is 4.54. The fourth-order valence-corrected chi connectivity index (χ4v) is 3.91. The molecule has 29 heavy (non-hydrogen) atoms. The standard InChI is InChI=1S/C22H22N4O3/c1-28-19-7-6-15-21(27)20(12-18-14-4-2-3-5-17(14)24-25-18)29-22(15)16(19)13-26-10-8-23-9-11-26/h2-7,12,23,27H,8-11,13H2,1H3/b18-12+. The molecule has 2 aromatic carbocycles. The highest BCUT2D eigenvalue weighted by Crippen LogP contribution is 2.42. The van der Waals surface area contributed by atoms with Gasteiger partial charge in [-0.25, -0.2) is 0 Å². The van der Waals surface area contributed by atoms with Crippen molar-refractivity contribution in [2.45, 2.75) is 6.54 Å². The first-order chi connectivity index (χ1) is 14.2. The van der Waals surface area contributed by atoms with Crippen LogP contribution in [-0.2, 0) is 6.54 Å². The van der Waals surface area contributed by atoms with E-state index in [1.54, 1.807) is 13.2 Å². The number of rotatable bonds is 4. The number of methoxy groups -OCH3 is 1. The zero-order valence-electron chi connectivity index (χ0n) is 16.2. The molecule has 2 aliphatic heterocycles. The summed E-state index contributed by atoms with van der Waals surface area (Å²) >= 11 is 0. The van der Waals surface area contributed by atoms with E-state index in [1.807, 2.05) is 36.4 Å². The van der Waals surface area contributed by atoms with Crippen LogP contribution in [0.15, 0.2) is 51.0 Å². The molecule has 0 saturated carbocycles. The number of furan rings is 1. The summed E-state index contributed by atoms with van der Waals surface area (Å²) in [5.74, 6) is 1.24. The van der Waals surface area contributed by atoms with Gasteiger partial charge in [-0.15, -0.1) is 10.2 Å². The van der Waals surface area contributed by atoms with Gasteiger partial charge in [0.05, 0.1) is 29.4 Å². The Balaban J connectivity index is 1.58. The van der Waals surface area contributed by atoms with E-state index in [1.165, 1.54) is 0 Å². The number of hydrogen-bond acceptors (Lipinski definition) is 7. The third kappa shape index (κ3) is 3.18. The Hall–Kier alpha value is -3.16. The first kappa shape index (κ1) is 17.9. The summed E-state index contributed by atoms with van der Waals surface area (Å²) in [5, 5.41) is 23.3. The van der Waals surface area contributed by atoms with Crippen LogP contribution in [0.25, 0.3) is 22.7 Å². The fourth-order valence-electron chi connectivity index (χ4n) is 3.91. The van der Waals surface area contributed by atoms with Crippen LogP contribution in [0.5, 0.6) is 11.5 Å². The van der Waals surface area contributed by atoms with Crippen LogP contribution in [0.2, 0.25) is 0 Å². The van der Waals surface area contributed by atoms with E-state index < -0.39 is 0 Å². The van der Waals surface area contributed by atoms with Crippen molar-refractivity contribution in [3.05, 3.63) is 53.3 Å². The van der Waals surface area contributed by atoms with Gasteiger partial charge in [-0.2, -0.15) is 0 Å². The Morgan fingerprint density at radius 2 is 2.00 bits per heavy atom.